The molecule has 0 fully saturated rings. The molecule has 0 unspecified atom stereocenters. The van der Waals surface area contributed by atoms with Gasteiger partial charge in [-0.05, 0) is 40.3 Å². The Bertz CT molecular complexity index is 454. The highest BCUT2D eigenvalue weighted by Crippen LogP contribution is 2.32. The molecule has 0 spiro atoms. The molecule has 4 nitrogen and oxygen atoms in total. The number of rotatable bonds is 5. The number of aromatic nitrogens is 2. The van der Waals surface area contributed by atoms with Gasteiger partial charge in [0.1, 0.15) is 4.88 Å². The first-order valence-corrected chi connectivity index (χ1v) is 6.75. The van der Waals surface area contributed by atoms with Gasteiger partial charge in [0.25, 0.3) is 5.89 Å². The number of nitrogens with one attached hydrogen (secondary N) is 1. The zero-order valence-electron chi connectivity index (χ0n) is 8.86. The van der Waals surface area contributed by atoms with Crippen molar-refractivity contribution in [2.24, 2.45) is 0 Å². The third kappa shape index (κ3) is 2.69. The highest BCUT2D eigenvalue weighted by molar-refractivity contribution is 9.10. The van der Waals surface area contributed by atoms with Crippen molar-refractivity contribution in [2.75, 3.05) is 6.54 Å². The van der Waals surface area contributed by atoms with Crippen LogP contribution < -0.4 is 5.32 Å². The van der Waals surface area contributed by atoms with E-state index >= 15 is 0 Å². The predicted molar refractivity (Wildman–Crippen MR) is 67.3 cm³/mol. The fourth-order valence-corrected chi connectivity index (χ4v) is 2.70. The Balaban J connectivity index is 2.05. The van der Waals surface area contributed by atoms with Crippen molar-refractivity contribution in [3.8, 4) is 10.8 Å². The van der Waals surface area contributed by atoms with Crippen LogP contribution in [-0.2, 0) is 6.54 Å². The van der Waals surface area contributed by atoms with E-state index in [1.54, 1.807) is 11.3 Å². The fraction of sp³-hybridized carbons (Fsp3) is 0.400. The second-order valence-corrected chi connectivity index (χ2v) is 5.05. The van der Waals surface area contributed by atoms with Gasteiger partial charge in [-0.2, -0.15) is 0 Å². The molecule has 86 valence electrons. The van der Waals surface area contributed by atoms with Gasteiger partial charge >= 0.3 is 0 Å². The first kappa shape index (κ1) is 11.8. The van der Waals surface area contributed by atoms with Crippen molar-refractivity contribution in [1.29, 1.82) is 0 Å². The van der Waals surface area contributed by atoms with Crippen LogP contribution in [-0.4, -0.2) is 16.7 Å². The lowest BCUT2D eigenvalue weighted by atomic mass is 10.5. The van der Waals surface area contributed by atoms with Gasteiger partial charge in [-0.1, -0.05) is 6.92 Å². The molecule has 1 N–H and O–H groups in total. The van der Waals surface area contributed by atoms with E-state index in [4.69, 9.17) is 4.42 Å². The third-order valence-corrected chi connectivity index (χ3v) is 3.81. The summed E-state index contributed by atoms with van der Waals surface area (Å²) in [6.07, 6.45) is 1.09. The molecule has 0 aromatic carbocycles. The van der Waals surface area contributed by atoms with Gasteiger partial charge in [0.05, 0.1) is 6.54 Å². The van der Waals surface area contributed by atoms with Gasteiger partial charge in [-0.15, -0.1) is 21.5 Å². The Hall–Kier alpha value is -0.720. The zero-order chi connectivity index (χ0) is 11.4. The molecule has 0 saturated carbocycles. The molecule has 2 aromatic heterocycles. The quantitative estimate of drug-likeness (QED) is 0.862. The molecule has 0 aliphatic rings. The second kappa shape index (κ2) is 5.56. The average Bonchev–Trinajstić information content (AvgIpc) is 2.87. The molecule has 2 rings (SSSR count). The summed E-state index contributed by atoms with van der Waals surface area (Å²) >= 11 is 5.02. The monoisotopic (exact) mass is 301 g/mol. The van der Waals surface area contributed by atoms with E-state index in [9.17, 15) is 0 Å². The normalized spacial score (nSPS) is 10.9. The van der Waals surface area contributed by atoms with Crippen molar-refractivity contribution in [3.63, 3.8) is 0 Å². The third-order valence-electron chi connectivity index (χ3n) is 1.98. The molecule has 0 atom stereocenters. The lowest BCUT2D eigenvalue weighted by molar-refractivity contribution is 0.478. The molecular weight excluding hydrogens is 290 g/mol. The molecule has 0 amide bonds. The van der Waals surface area contributed by atoms with Crippen LogP contribution in [0, 0.1) is 0 Å². The van der Waals surface area contributed by atoms with Crippen LogP contribution >= 0.6 is 27.3 Å². The summed E-state index contributed by atoms with van der Waals surface area (Å²) in [6, 6.07) is 1.97. The summed E-state index contributed by atoms with van der Waals surface area (Å²) in [4.78, 5) is 0.981. The summed E-state index contributed by atoms with van der Waals surface area (Å²) in [5, 5.41) is 13.2. The number of thiophene rings is 1. The van der Waals surface area contributed by atoms with Gasteiger partial charge < -0.3 is 9.73 Å². The van der Waals surface area contributed by atoms with Crippen LogP contribution in [0.4, 0.5) is 0 Å². The maximum Gasteiger partial charge on any atom is 0.258 e. The highest BCUT2D eigenvalue weighted by Gasteiger charge is 2.12. The fourth-order valence-electron chi connectivity index (χ4n) is 1.24. The van der Waals surface area contributed by atoms with Crippen LogP contribution in [0.1, 0.15) is 19.2 Å². The van der Waals surface area contributed by atoms with Gasteiger partial charge in [0, 0.05) is 4.47 Å². The van der Waals surface area contributed by atoms with Gasteiger partial charge in [0.15, 0.2) is 0 Å². The minimum absolute atomic E-state index is 0.579. The van der Waals surface area contributed by atoms with Crippen LogP contribution in [0.2, 0.25) is 0 Å². The van der Waals surface area contributed by atoms with Crippen molar-refractivity contribution in [1.82, 2.24) is 15.5 Å². The molecular formula is C10H12BrN3OS. The lowest BCUT2D eigenvalue weighted by Gasteiger charge is -1.96. The van der Waals surface area contributed by atoms with Gasteiger partial charge in [-0.3, -0.25) is 0 Å². The van der Waals surface area contributed by atoms with E-state index < -0.39 is 0 Å². The van der Waals surface area contributed by atoms with Crippen molar-refractivity contribution in [2.45, 2.75) is 19.9 Å². The van der Waals surface area contributed by atoms with Crippen LogP contribution in [0.25, 0.3) is 10.8 Å². The molecule has 0 bridgehead atoms. The van der Waals surface area contributed by atoms with Crippen molar-refractivity contribution >= 4 is 27.3 Å². The smallest absolute Gasteiger partial charge is 0.258 e. The Morgan fingerprint density at radius 3 is 3.06 bits per heavy atom. The maximum atomic E-state index is 5.55. The maximum absolute atomic E-state index is 5.55. The number of halogens is 1. The molecule has 0 aliphatic carbocycles. The van der Waals surface area contributed by atoms with Gasteiger partial charge in [0.2, 0.25) is 5.89 Å². The molecule has 0 aliphatic heterocycles. The zero-order valence-corrected chi connectivity index (χ0v) is 11.3. The number of hydrogen-bond acceptors (Lipinski definition) is 5. The van der Waals surface area contributed by atoms with E-state index in [1.807, 2.05) is 11.4 Å². The van der Waals surface area contributed by atoms with E-state index in [0.717, 1.165) is 22.3 Å². The van der Waals surface area contributed by atoms with Crippen molar-refractivity contribution < 1.29 is 4.42 Å². The van der Waals surface area contributed by atoms with Crippen molar-refractivity contribution in [3.05, 3.63) is 21.8 Å². The molecule has 0 radical (unpaired) electrons. The molecule has 16 heavy (non-hydrogen) atoms. The SMILES string of the molecule is CCCNCc1nnc(-c2sccc2Br)o1. The van der Waals surface area contributed by atoms with Crippen LogP contribution in [0.3, 0.4) is 0 Å². The largest absolute Gasteiger partial charge is 0.418 e. The summed E-state index contributed by atoms with van der Waals surface area (Å²) in [5.74, 6) is 1.21. The van der Waals surface area contributed by atoms with Crippen LogP contribution in [0.5, 0.6) is 0 Å². The minimum Gasteiger partial charge on any atom is -0.418 e. The summed E-state index contributed by atoms with van der Waals surface area (Å²) in [5.41, 5.74) is 0. The molecule has 2 heterocycles. The van der Waals surface area contributed by atoms with E-state index in [2.05, 4.69) is 38.4 Å². The standard InChI is InChI=1S/C10H12BrN3OS/c1-2-4-12-6-8-13-14-10(15-8)9-7(11)3-5-16-9/h3,5,12H,2,4,6H2,1H3. The second-order valence-electron chi connectivity index (χ2n) is 3.28. The highest BCUT2D eigenvalue weighted by atomic mass is 79.9. The van der Waals surface area contributed by atoms with E-state index in [0.29, 0.717) is 18.3 Å². The number of nitrogens with zero attached hydrogens (tertiary/aromatic N) is 2. The first-order valence-electron chi connectivity index (χ1n) is 5.07. The Morgan fingerprint density at radius 1 is 1.50 bits per heavy atom. The molecule has 0 saturated heterocycles. The molecule has 2 aromatic rings. The number of hydrogen-bond donors (Lipinski definition) is 1. The average molecular weight is 302 g/mol. The Labute approximate surface area is 106 Å². The van der Waals surface area contributed by atoms with E-state index in [1.165, 1.54) is 0 Å². The first-order chi connectivity index (χ1) is 7.81. The predicted octanol–water partition coefficient (Wildman–Crippen LogP) is 3.06. The Morgan fingerprint density at radius 2 is 2.38 bits per heavy atom. The topological polar surface area (TPSA) is 51.0 Å². The minimum atomic E-state index is 0.579. The molecule has 6 heteroatoms. The van der Waals surface area contributed by atoms with E-state index in [-0.39, 0.29) is 0 Å². The van der Waals surface area contributed by atoms with Crippen LogP contribution in [0.15, 0.2) is 20.3 Å². The summed E-state index contributed by atoms with van der Waals surface area (Å²) < 4.78 is 6.55. The summed E-state index contributed by atoms with van der Waals surface area (Å²) in [7, 11) is 0. The van der Waals surface area contributed by atoms with Gasteiger partial charge in [-0.25, -0.2) is 0 Å². The Kier molecular flexibility index (Phi) is 4.09. The lowest BCUT2D eigenvalue weighted by Crippen LogP contribution is -2.13. The summed E-state index contributed by atoms with van der Waals surface area (Å²) in [6.45, 7) is 3.71.